The van der Waals surface area contributed by atoms with E-state index in [4.69, 9.17) is 17.3 Å². The fourth-order valence-electron chi connectivity index (χ4n) is 1.82. The molecule has 0 saturated carbocycles. The minimum Gasteiger partial charge on any atom is -0.381 e. The van der Waals surface area contributed by atoms with Gasteiger partial charge < -0.3 is 5.73 Å². The second kappa shape index (κ2) is 4.24. The van der Waals surface area contributed by atoms with Crippen molar-refractivity contribution in [1.29, 1.82) is 0 Å². The third-order valence-electron chi connectivity index (χ3n) is 2.54. The minimum absolute atomic E-state index is 0.245. The number of anilines is 1. The lowest BCUT2D eigenvalue weighted by Crippen LogP contribution is -2.19. The predicted octanol–water partition coefficient (Wildman–Crippen LogP) is 2.94. The van der Waals surface area contributed by atoms with Gasteiger partial charge in [-0.1, -0.05) is 37.6 Å². The third-order valence-corrected chi connectivity index (χ3v) is 2.85. The molecule has 18 heavy (non-hydrogen) atoms. The van der Waals surface area contributed by atoms with Crippen LogP contribution in [0, 0.1) is 5.82 Å². The molecular weight excluding hydrogens is 255 g/mol. The van der Waals surface area contributed by atoms with Crippen molar-refractivity contribution in [1.82, 2.24) is 15.0 Å². The molecule has 0 aliphatic rings. The zero-order valence-electron chi connectivity index (χ0n) is 10.4. The van der Waals surface area contributed by atoms with Gasteiger partial charge >= 0.3 is 0 Å². The van der Waals surface area contributed by atoms with E-state index >= 15 is 0 Å². The van der Waals surface area contributed by atoms with Crippen LogP contribution in [0.1, 0.15) is 26.5 Å². The molecule has 1 aromatic heterocycles. The molecule has 0 amide bonds. The molecule has 0 unspecified atom stereocenters. The normalized spacial score (nSPS) is 11.8. The smallest absolute Gasteiger partial charge is 0.170 e. The molecule has 0 fully saturated rings. The molecule has 1 heterocycles. The molecular formula is C12H14ClFN4. The van der Waals surface area contributed by atoms with Crippen LogP contribution in [0.5, 0.6) is 0 Å². The quantitative estimate of drug-likeness (QED) is 0.865. The summed E-state index contributed by atoms with van der Waals surface area (Å²) >= 11 is 6.03. The van der Waals surface area contributed by atoms with Crippen LogP contribution in [0.3, 0.4) is 0 Å². The van der Waals surface area contributed by atoms with Gasteiger partial charge in [0.05, 0.1) is 16.4 Å². The van der Waals surface area contributed by atoms with Crippen molar-refractivity contribution in [3.05, 3.63) is 34.7 Å². The number of hydrogen-bond donors (Lipinski definition) is 1. The molecule has 1 aromatic carbocycles. The molecule has 6 heteroatoms. The standard InChI is InChI=1S/C12H14ClFN4/c1-12(2,3)10-11(15)16-17-18(10)9-5-4-7(14)6-8(9)13/h4-6H,15H2,1-3H3. The molecule has 2 aromatic rings. The van der Waals surface area contributed by atoms with Gasteiger partial charge in [-0.05, 0) is 18.2 Å². The first-order valence-corrected chi connectivity index (χ1v) is 5.85. The number of rotatable bonds is 1. The van der Waals surface area contributed by atoms with E-state index in [0.29, 0.717) is 11.5 Å². The van der Waals surface area contributed by atoms with Crippen LogP contribution in [0.2, 0.25) is 5.02 Å². The van der Waals surface area contributed by atoms with Crippen LogP contribution < -0.4 is 5.73 Å². The maximum absolute atomic E-state index is 13.0. The van der Waals surface area contributed by atoms with Crippen molar-refractivity contribution in [2.45, 2.75) is 26.2 Å². The van der Waals surface area contributed by atoms with E-state index in [1.54, 1.807) is 10.7 Å². The summed E-state index contributed by atoms with van der Waals surface area (Å²) in [7, 11) is 0. The Labute approximate surface area is 110 Å². The summed E-state index contributed by atoms with van der Waals surface area (Å²) in [6, 6.07) is 4.12. The highest BCUT2D eigenvalue weighted by atomic mass is 35.5. The van der Waals surface area contributed by atoms with Crippen LogP contribution in [-0.2, 0) is 5.41 Å². The summed E-state index contributed by atoms with van der Waals surface area (Å²) in [5, 5.41) is 8.11. The number of halogens is 2. The first-order chi connectivity index (χ1) is 8.30. The van der Waals surface area contributed by atoms with Gasteiger partial charge in [0.15, 0.2) is 5.82 Å². The summed E-state index contributed by atoms with van der Waals surface area (Å²) in [6.07, 6.45) is 0. The van der Waals surface area contributed by atoms with Crippen LogP contribution >= 0.6 is 11.6 Å². The Balaban J connectivity index is 2.65. The molecule has 0 radical (unpaired) electrons. The van der Waals surface area contributed by atoms with Crippen molar-refractivity contribution in [2.75, 3.05) is 5.73 Å². The number of benzene rings is 1. The first-order valence-electron chi connectivity index (χ1n) is 5.48. The van der Waals surface area contributed by atoms with Gasteiger partial charge in [-0.15, -0.1) is 5.10 Å². The fraction of sp³-hybridized carbons (Fsp3) is 0.333. The Morgan fingerprint density at radius 2 is 2.00 bits per heavy atom. The Morgan fingerprint density at radius 1 is 1.33 bits per heavy atom. The second-order valence-electron chi connectivity index (χ2n) is 5.08. The minimum atomic E-state index is -0.394. The van der Waals surface area contributed by atoms with Gasteiger partial charge in [0.1, 0.15) is 5.82 Å². The third kappa shape index (κ3) is 2.18. The highest BCUT2D eigenvalue weighted by Gasteiger charge is 2.25. The number of nitrogens with two attached hydrogens (primary N) is 1. The van der Waals surface area contributed by atoms with Gasteiger partial charge in [0.25, 0.3) is 0 Å². The van der Waals surface area contributed by atoms with Crippen molar-refractivity contribution in [2.24, 2.45) is 0 Å². The van der Waals surface area contributed by atoms with Crippen molar-refractivity contribution < 1.29 is 4.39 Å². The predicted molar refractivity (Wildman–Crippen MR) is 69.4 cm³/mol. The van der Waals surface area contributed by atoms with Crippen molar-refractivity contribution in [3.63, 3.8) is 0 Å². The zero-order chi connectivity index (χ0) is 13.5. The summed E-state index contributed by atoms with van der Waals surface area (Å²) in [6.45, 7) is 5.99. The molecule has 0 atom stereocenters. The molecule has 0 aliphatic carbocycles. The lowest BCUT2D eigenvalue weighted by Gasteiger charge is -2.20. The monoisotopic (exact) mass is 268 g/mol. The Morgan fingerprint density at radius 3 is 2.56 bits per heavy atom. The highest BCUT2D eigenvalue weighted by molar-refractivity contribution is 6.32. The summed E-state index contributed by atoms with van der Waals surface area (Å²) < 4.78 is 14.6. The van der Waals surface area contributed by atoms with Crippen molar-refractivity contribution in [3.8, 4) is 5.69 Å². The first kappa shape index (κ1) is 12.8. The average molecular weight is 269 g/mol. The molecule has 2 N–H and O–H groups in total. The van der Waals surface area contributed by atoms with E-state index in [1.807, 2.05) is 20.8 Å². The number of nitrogens with zero attached hydrogens (tertiary/aromatic N) is 3. The number of nitrogen functional groups attached to an aromatic ring is 1. The number of hydrogen-bond acceptors (Lipinski definition) is 3. The molecule has 0 saturated heterocycles. The van der Waals surface area contributed by atoms with Crippen molar-refractivity contribution >= 4 is 17.4 Å². The summed E-state index contributed by atoms with van der Waals surface area (Å²) in [5.41, 5.74) is 6.90. The van der Waals surface area contributed by atoms with Crippen LogP contribution in [-0.4, -0.2) is 15.0 Å². The maximum Gasteiger partial charge on any atom is 0.170 e. The molecule has 96 valence electrons. The summed E-state index contributed by atoms with van der Waals surface area (Å²) in [5.74, 6) is -0.0444. The van der Waals surface area contributed by atoms with E-state index in [9.17, 15) is 4.39 Å². The van der Waals surface area contributed by atoms with E-state index in [2.05, 4.69) is 10.3 Å². The SMILES string of the molecule is CC(C)(C)c1c(N)nnn1-c1ccc(F)cc1Cl. The molecule has 0 aliphatic heterocycles. The van der Waals surface area contributed by atoms with E-state index < -0.39 is 5.82 Å². The summed E-state index contributed by atoms with van der Waals surface area (Å²) in [4.78, 5) is 0. The van der Waals surface area contributed by atoms with E-state index in [0.717, 1.165) is 5.69 Å². The van der Waals surface area contributed by atoms with Gasteiger partial charge in [-0.25, -0.2) is 9.07 Å². The largest absolute Gasteiger partial charge is 0.381 e. The maximum atomic E-state index is 13.0. The molecule has 2 rings (SSSR count). The topological polar surface area (TPSA) is 56.7 Å². The zero-order valence-corrected chi connectivity index (χ0v) is 11.2. The average Bonchev–Trinajstić information content (AvgIpc) is 2.59. The van der Waals surface area contributed by atoms with Gasteiger partial charge in [0, 0.05) is 5.41 Å². The second-order valence-corrected chi connectivity index (χ2v) is 5.49. The van der Waals surface area contributed by atoms with Crippen LogP contribution in [0.4, 0.5) is 10.2 Å². The number of aromatic nitrogens is 3. The van der Waals surface area contributed by atoms with Gasteiger partial charge in [-0.3, -0.25) is 0 Å². The fourth-order valence-corrected chi connectivity index (χ4v) is 2.06. The lowest BCUT2D eigenvalue weighted by atomic mass is 9.91. The molecule has 0 spiro atoms. The van der Waals surface area contributed by atoms with E-state index in [-0.39, 0.29) is 10.4 Å². The Kier molecular flexibility index (Phi) is 3.02. The molecule has 4 nitrogen and oxygen atoms in total. The van der Waals surface area contributed by atoms with Crippen LogP contribution in [0.15, 0.2) is 18.2 Å². The molecule has 0 bridgehead atoms. The highest BCUT2D eigenvalue weighted by Crippen LogP contribution is 2.30. The van der Waals surface area contributed by atoms with Crippen LogP contribution in [0.25, 0.3) is 5.69 Å². The Hall–Kier alpha value is -1.62. The van der Waals surface area contributed by atoms with Gasteiger partial charge in [-0.2, -0.15) is 0 Å². The lowest BCUT2D eigenvalue weighted by molar-refractivity contribution is 0.544. The Bertz CT molecular complexity index is 586. The van der Waals surface area contributed by atoms with Gasteiger partial charge in [0.2, 0.25) is 0 Å². The van der Waals surface area contributed by atoms with E-state index in [1.165, 1.54) is 12.1 Å².